The van der Waals surface area contributed by atoms with Gasteiger partial charge in [-0.05, 0) is 19.1 Å². The summed E-state index contributed by atoms with van der Waals surface area (Å²) in [5, 5.41) is 0.559. The predicted molar refractivity (Wildman–Crippen MR) is 81.8 cm³/mol. The highest BCUT2D eigenvalue weighted by Crippen LogP contribution is 2.37. The molecule has 0 amide bonds. The van der Waals surface area contributed by atoms with Crippen molar-refractivity contribution in [3.05, 3.63) is 23.3 Å². The smallest absolute Gasteiger partial charge is 0.344 e. The van der Waals surface area contributed by atoms with E-state index in [2.05, 4.69) is 15.9 Å². The molecule has 1 heterocycles. The van der Waals surface area contributed by atoms with Crippen LogP contribution in [-0.2, 0) is 20.9 Å². The van der Waals surface area contributed by atoms with Crippen molar-refractivity contribution in [2.45, 2.75) is 19.6 Å². The number of alkyl halides is 1. The molecule has 120 valence electrons. The van der Waals surface area contributed by atoms with Crippen LogP contribution in [0.3, 0.4) is 0 Å². The van der Waals surface area contributed by atoms with E-state index in [-0.39, 0.29) is 25.6 Å². The summed E-state index contributed by atoms with van der Waals surface area (Å²) >= 11 is 3.17. The van der Waals surface area contributed by atoms with Crippen LogP contribution in [0, 0.1) is 0 Å². The van der Waals surface area contributed by atoms with Gasteiger partial charge in [-0.1, -0.05) is 15.9 Å². The largest absolute Gasteiger partial charge is 0.493 e. The van der Waals surface area contributed by atoms with E-state index >= 15 is 0 Å². The van der Waals surface area contributed by atoms with Gasteiger partial charge in [0.2, 0.25) is 0 Å². The van der Waals surface area contributed by atoms with Gasteiger partial charge in [0, 0.05) is 16.5 Å². The zero-order valence-electron chi connectivity index (χ0n) is 12.4. The normalized spacial score (nSPS) is 16.9. The van der Waals surface area contributed by atoms with Gasteiger partial charge in [-0.3, -0.25) is 4.79 Å². The second-order valence-electron chi connectivity index (χ2n) is 4.64. The lowest BCUT2D eigenvalue weighted by molar-refractivity contribution is -0.145. The fourth-order valence-electron chi connectivity index (χ4n) is 2.13. The molecular weight excluding hydrogens is 356 g/mol. The zero-order chi connectivity index (χ0) is 16.1. The molecule has 0 aromatic heterocycles. The Kier molecular flexibility index (Phi) is 5.79. The van der Waals surface area contributed by atoms with Crippen LogP contribution in [-0.4, -0.2) is 43.5 Å². The second-order valence-corrected chi connectivity index (χ2v) is 5.43. The average Bonchev–Trinajstić information content (AvgIpc) is 2.53. The van der Waals surface area contributed by atoms with Crippen molar-refractivity contribution in [2.75, 3.05) is 25.7 Å². The molecule has 0 saturated carbocycles. The standard InChI is InChI=1S/C15H17BrO6/c1-9-14(18)10-3-4-12(19-2)15(11(10)7-21-9)22-8-13(17)20-6-5-16/h3-4,9H,5-8H2,1-2H3. The molecule has 0 spiro atoms. The van der Waals surface area contributed by atoms with Gasteiger partial charge in [-0.25, -0.2) is 4.79 Å². The molecule has 0 N–H and O–H groups in total. The van der Waals surface area contributed by atoms with E-state index in [4.69, 9.17) is 18.9 Å². The summed E-state index contributed by atoms with van der Waals surface area (Å²) in [4.78, 5) is 23.7. The Bertz CT molecular complexity index is 571. The van der Waals surface area contributed by atoms with Gasteiger partial charge < -0.3 is 18.9 Å². The predicted octanol–water partition coefficient (Wildman–Crippen LogP) is 2.11. The summed E-state index contributed by atoms with van der Waals surface area (Å²) in [6.45, 7) is 1.94. The van der Waals surface area contributed by atoms with Gasteiger partial charge in [-0.2, -0.15) is 0 Å². The Morgan fingerprint density at radius 1 is 1.45 bits per heavy atom. The van der Waals surface area contributed by atoms with Gasteiger partial charge in [0.25, 0.3) is 0 Å². The maximum absolute atomic E-state index is 12.1. The molecule has 7 heteroatoms. The van der Waals surface area contributed by atoms with Crippen LogP contribution in [0.2, 0.25) is 0 Å². The minimum atomic E-state index is -0.490. The lowest BCUT2D eigenvalue weighted by Gasteiger charge is -2.24. The van der Waals surface area contributed by atoms with Crippen molar-refractivity contribution in [2.24, 2.45) is 0 Å². The Morgan fingerprint density at radius 2 is 2.23 bits per heavy atom. The molecule has 0 fully saturated rings. The van der Waals surface area contributed by atoms with Gasteiger partial charge in [0.1, 0.15) is 12.7 Å². The molecule has 1 aromatic rings. The number of carbonyl (C=O) groups excluding carboxylic acids is 2. The first-order valence-electron chi connectivity index (χ1n) is 6.78. The summed E-state index contributed by atoms with van der Waals surface area (Å²) in [6, 6.07) is 3.33. The van der Waals surface area contributed by atoms with E-state index in [1.165, 1.54) is 7.11 Å². The summed E-state index contributed by atoms with van der Waals surface area (Å²) in [5.41, 5.74) is 1.12. The quantitative estimate of drug-likeness (QED) is 0.562. The second kappa shape index (κ2) is 7.60. The molecular formula is C15H17BrO6. The highest BCUT2D eigenvalue weighted by Gasteiger charge is 2.29. The number of Topliss-reactive ketones (excluding diaryl/α,β-unsaturated/α-hetero) is 1. The summed E-state index contributed by atoms with van der Waals surface area (Å²) in [7, 11) is 1.49. The van der Waals surface area contributed by atoms with Gasteiger partial charge in [0.05, 0.1) is 13.7 Å². The molecule has 0 saturated heterocycles. The van der Waals surface area contributed by atoms with Crippen LogP contribution >= 0.6 is 15.9 Å². The number of rotatable bonds is 6. The van der Waals surface area contributed by atoms with Gasteiger partial charge >= 0.3 is 5.97 Å². The first kappa shape index (κ1) is 16.8. The van der Waals surface area contributed by atoms with Crippen molar-refractivity contribution < 1.29 is 28.5 Å². The first-order chi connectivity index (χ1) is 10.6. The number of fused-ring (bicyclic) bond motifs is 1. The Labute approximate surface area is 136 Å². The number of halogens is 1. The molecule has 2 rings (SSSR count). The summed E-state index contributed by atoms with van der Waals surface area (Å²) in [6.07, 6.45) is -0.488. The molecule has 0 radical (unpaired) electrons. The topological polar surface area (TPSA) is 71.1 Å². The van der Waals surface area contributed by atoms with Gasteiger partial charge in [0.15, 0.2) is 23.9 Å². The number of ketones is 1. The lowest BCUT2D eigenvalue weighted by atomic mass is 9.97. The maximum Gasteiger partial charge on any atom is 0.344 e. The molecule has 22 heavy (non-hydrogen) atoms. The average molecular weight is 373 g/mol. The highest BCUT2D eigenvalue weighted by molar-refractivity contribution is 9.09. The number of methoxy groups -OCH3 is 1. The van der Waals surface area contributed by atoms with Crippen molar-refractivity contribution in [3.63, 3.8) is 0 Å². The Balaban J connectivity index is 2.22. The number of carbonyl (C=O) groups is 2. The molecule has 0 aliphatic carbocycles. The van der Waals surface area contributed by atoms with Crippen LogP contribution in [0.25, 0.3) is 0 Å². The molecule has 1 unspecified atom stereocenters. The minimum absolute atomic E-state index is 0.115. The first-order valence-corrected chi connectivity index (χ1v) is 7.90. The third-order valence-electron chi connectivity index (χ3n) is 3.23. The van der Waals surface area contributed by atoms with Crippen LogP contribution < -0.4 is 9.47 Å². The maximum atomic E-state index is 12.1. The molecule has 1 atom stereocenters. The van der Waals surface area contributed by atoms with E-state index in [9.17, 15) is 9.59 Å². The summed E-state index contributed by atoms with van der Waals surface area (Å²) in [5.74, 6) is 0.181. The van der Waals surface area contributed by atoms with E-state index in [1.807, 2.05) is 0 Å². The number of ether oxygens (including phenoxy) is 4. The van der Waals surface area contributed by atoms with Crippen LogP contribution in [0.15, 0.2) is 12.1 Å². The molecule has 6 nitrogen and oxygen atoms in total. The number of hydrogen-bond donors (Lipinski definition) is 0. The Hall–Kier alpha value is -1.60. The third-order valence-corrected chi connectivity index (χ3v) is 3.55. The fraction of sp³-hybridized carbons (Fsp3) is 0.467. The van der Waals surface area contributed by atoms with Crippen LogP contribution in [0.1, 0.15) is 22.8 Å². The number of hydrogen-bond acceptors (Lipinski definition) is 6. The number of benzene rings is 1. The van der Waals surface area contributed by atoms with Gasteiger partial charge in [-0.15, -0.1) is 0 Å². The molecule has 1 aromatic carbocycles. The fourth-order valence-corrected chi connectivity index (χ4v) is 2.29. The van der Waals surface area contributed by atoms with E-state index in [0.29, 0.717) is 28.0 Å². The van der Waals surface area contributed by atoms with Crippen LogP contribution in [0.5, 0.6) is 11.5 Å². The molecule has 1 aliphatic rings. The third kappa shape index (κ3) is 3.59. The van der Waals surface area contributed by atoms with Crippen molar-refractivity contribution in [1.29, 1.82) is 0 Å². The minimum Gasteiger partial charge on any atom is -0.493 e. The SMILES string of the molecule is COc1ccc2c(c1OCC(=O)OCCBr)COC(C)C2=O. The zero-order valence-corrected chi connectivity index (χ0v) is 14.0. The summed E-state index contributed by atoms with van der Waals surface area (Å²) < 4.78 is 21.1. The van der Waals surface area contributed by atoms with Crippen molar-refractivity contribution in [3.8, 4) is 11.5 Å². The lowest BCUT2D eigenvalue weighted by Crippen LogP contribution is -2.28. The Morgan fingerprint density at radius 3 is 2.91 bits per heavy atom. The van der Waals surface area contributed by atoms with Crippen molar-refractivity contribution >= 4 is 27.7 Å². The highest BCUT2D eigenvalue weighted by atomic mass is 79.9. The van der Waals surface area contributed by atoms with E-state index in [1.54, 1.807) is 19.1 Å². The monoisotopic (exact) mass is 372 g/mol. The van der Waals surface area contributed by atoms with E-state index < -0.39 is 12.1 Å². The molecule has 1 aliphatic heterocycles. The van der Waals surface area contributed by atoms with Crippen molar-refractivity contribution in [1.82, 2.24) is 0 Å². The number of esters is 1. The molecule has 0 bridgehead atoms. The van der Waals surface area contributed by atoms with Crippen LogP contribution in [0.4, 0.5) is 0 Å². The van der Waals surface area contributed by atoms with E-state index in [0.717, 1.165) is 0 Å².